The number of hydrogen-bond acceptors (Lipinski definition) is 7. The number of ketones is 2. The Morgan fingerprint density at radius 3 is 2.30 bits per heavy atom. The van der Waals surface area contributed by atoms with Gasteiger partial charge in [0, 0.05) is 41.6 Å². The summed E-state index contributed by atoms with van der Waals surface area (Å²) in [6, 6.07) is 1.83. The molecule has 7 nitrogen and oxygen atoms in total. The molecule has 0 radical (unpaired) electrons. The van der Waals surface area contributed by atoms with Crippen molar-refractivity contribution in [3.63, 3.8) is 0 Å². The van der Waals surface area contributed by atoms with Crippen molar-refractivity contribution in [1.29, 1.82) is 0 Å². The number of fused-ring (bicyclic) bond motifs is 5. The van der Waals surface area contributed by atoms with E-state index < -0.39 is 57.6 Å². The highest BCUT2D eigenvalue weighted by atomic mass is 16.6. The average molecular weight is 509 g/mol. The molecular formula is C30H36O7. The van der Waals surface area contributed by atoms with Gasteiger partial charge >= 0.3 is 11.9 Å². The number of allylic oxidation sites excluding steroid dienone is 3. The lowest BCUT2D eigenvalue weighted by Crippen LogP contribution is -2.70. The van der Waals surface area contributed by atoms with Crippen molar-refractivity contribution in [1.82, 2.24) is 0 Å². The first-order chi connectivity index (χ1) is 17.2. The van der Waals surface area contributed by atoms with Crippen molar-refractivity contribution in [2.24, 2.45) is 33.5 Å². The first-order valence-electron chi connectivity index (χ1n) is 13.1. The Bertz CT molecular complexity index is 1240. The summed E-state index contributed by atoms with van der Waals surface area (Å²) < 4.78 is 17.5. The van der Waals surface area contributed by atoms with Crippen molar-refractivity contribution in [2.75, 3.05) is 0 Å². The minimum absolute atomic E-state index is 0.00615. The van der Waals surface area contributed by atoms with Crippen LogP contribution in [0, 0.1) is 33.5 Å². The van der Waals surface area contributed by atoms with E-state index in [2.05, 4.69) is 20.8 Å². The van der Waals surface area contributed by atoms with Gasteiger partial charge in [0.05, 0.1) is 18.4 Å². The minimum Gasteiger partial charge on any atom is -0.472 e. The molecule has 4 aliphatic rings. The Labute approximate surface area is 217 Å². The van der Waals surface area contributed by atoms with Crippen LogP contribution in [0.3, 0.4) is 0 Å². The summed E-state index contributed by atoms with van der Waals surface area (Å²) in [5.41, 5.74) is -1.02. The van der Waals surface area contributed by atoms with Crippen LogP contribution in [0.25, 0.3) is 0 Å². The number of carbonyl (C=O) groups is 4. The number of esters is 2. The molecule has 0 amide bonds. The highest BCUT2D eigenvalue weighted by Gasteiger charge is 2.73. The largest absolute Gasteiger partial charge is 0.472 e. The Hall–Kier alpha value is -2.96. The highest BCUT2D eigenvalue weighted by molar-refractivity contribution is 6.01. The third kappa shape index (κ3) is 3.31. The highest BCUT2D eigenvalue weighted by Crippen LogP contribution is 2.72. The molecule has 0 spiro atoms. The molecule has 5 rings (SSSR count). The molecule has 0 aliphatic heterocycles. The van der Waals surface area contributed by atoms with Crippen molar-refractivity contribution in [2.45, 2.75) is 79.4 Å². The summed E-state index contributed by atoms with van der Waals surface area (Å²) >= 11 is 0. The summed E-state index contributed by atoms with van der Waals surface area (Å²) in [7, 11) is 0. The fraction of sp³-hybridized carbons (Fsp3) is 0.600. The molecule has 8 atom stereocenters. The monoisotopic (exact) mass is 508 g/mol. The maximum Gasteiger partial charge on any atom is 0.303 e. The fourth-order valence-electron chi connectivity index (χ4n) is 8.93. The van der Waals surface area contributed by atoms with Crippen LogP contribution in [0.4, 0.5) is 0 Å². The molecule has 0 N–H and O–H groups in total. The van der Waals surface area contributed by atoms with Crippen LogP contribution in [-0.4, -0.2) is 35.7 Å². The molecule has 4 aliphatic carbocycles. The van der Waals surface area contributed by atoms with Crippen LogP contribution >= 0.6 is 0 Å². The zero-order valence-electron chi connectivity index (χ0n) is 22.6. The van der Waals surface area contributed by atoms with Crippen LogP contribution in [0.2, 0.25) is 0 Å². The predicted molar refractivity (Wildman–Crippen MR) is 134 cm³/mol. The fourth-order valence-corrected chi connectivity index (χ4v) is 8.93. The van der Waals surface area contributed by atoms with Crippen molar-refractivity contribution in [3.8, 4) is 0 Å². The SMILES string of the molecule is CC(=O)O[C@H]1[C@@H](OC(C)=O)[C@@]2(C)C3=CC(=O)[C@@H](c4ccoc4)[C@]3(C)CC[C@@H]2[C@@]2(C)C=CC(=O)C(C)(C)[C@H]12. The summed E-state index contributed by atoms with van der Waals surface area (Å²) in [6.07, 6.45) is 8.33. The van der Waals surface area contributed by atoms with E-state index in [1.165, 1.54) is 13.8 Å². The van der Waals surface area contributed by atoms with Gasteiger partial charge in [0.25, 0.3) is 0 Å². The van der Waals surface area contributed by atoms with E-state index in [0.29, 0.717) is 0 Å². The smallest absolute Gasteiger partial charge is 0.303 e. The van der Waals surface area contributed by atoms with Crippen LogP contribution in [-0.2, 0) is 28.7 Å². The zero-order valence-corrected chi connectivity index (χ0v) is 22.6. The topological polar surface area (TPSA) is 99.9 Å². The van der Waals surface area contributed by atoms with Crippen LogP contribution in [0.5, 0.6) is 0 Å². The maximum absolute atomic E-state index is 13.6. The maximum atomic E-state index is 13.6. The molecule has 7 heteroatoms. The molecule has 0 aromatic carbocycles. The van der Waals surface area contributed by atoms with E-state index in [0.717, 1.165) is 24.0 Å². The summed E-state index contributed by atoms with van der Waals surface area (Å²) in [5.74, 6) is -1.95. The Morgan fingerprint density at radius 2 is 1.70 bits per heavy atom. The summed E-state index contributed by atoms with van der Waals surface area (Å²) in [5, 5.41) is 0. The molecule has 1 aromatic rings. The van der Waals surface area contributed by atoms with Gasteiger partial charge in [-0.15, -0.1) is 0 Å². The van der Waals surface area contributed by atoms with E-state index in [1.807, 2.05) is 26.0 Å². The third-order valence-electron chi connectivity index (χ3n) is 10.2. The van der Waals surface area contributed by atoms with Crippen molar-refractivity contribution in [3.05, 3.63) is 48.0 Å². The second-order valence-corrected chi connectivity index (χ2v) is 12.6. The molecule has 198 valence electrons. The lowest BCUT2D eigenvalue weighted by molar-refractivity contribution is -0.237. The van der Waals surface area contributed by atoms with E-state index in [4.69, 9.17) is 13.9 Å². The molecule has 0 saturated heterocycles. The van der Waals surface area contributed by atoms with Gasteiger partial charge in [-0.1, -0.05) is 40.7 Å². The van der Waals surface area contributed by atoms with Gasteiger partial charge in [0.15, 0.2) is 11.6 Å². The first kappa shape index (κ1) is 25.7. The van der Waals surface area contributed by atoms with Gasteiger partial charge < -0.3 is 13.9 Å². The number of hydrogen-bond donors (Lipinski definition) is 0. The van der Waals surface area contributed by atoms with Gasteiger partial charge in [-0.05, 0) is 48.0 Å². The Balaban J connectivity index is 1.76. The minimum atomic E-state index is -0.872. The number of carbonyl (C=O) groups excluding carboxylic acids is 4. The first-order valence-corrected chi connectivity index (χ1v) is 13.1. The van der Waals surface area contributed by atoms with E-state index in [9.17, 15) is 19.2 Å². The van der Waals surface area contributed by atoms with Crippen molar-refractivity contribution >= 4 is 23.5 Å². The lowest BCUT2D eigenvalue weighted by Gasteiger charge is -2.67. The molecule has 1 heterocycles. The van der Waals surface area contributed by atoms with Gasteiger partial charge in [0.2, 0.25) is 0 Å². The standard InChI is InChI=1S/C30H36O7/c1-16(31)36-24-25-27(3,4)22(34)9-12-29(25,6)20-8-11-28(5)21(30(20,7)26(24)37-17(2)32)14-19(33)23(28)18-10-13-35-15-18/h9-10,12-15,20,23-26H,8,11H2,1-7H3/t20-,23-,24-,25+,26-,28-,29-,30-/m1/s1. The summed E-state index contributed by atoms with van der Waals surface area (Å²) in [4.78, 5) is 51.8. The molecule has 2 fully saturated rings. The molecular weight excluding hydrogens is 472 g/mol. The molecule has 2 saturated carbocycles. The molecule has 37 heavy (non-hydrogen) atoms. The summed E-state index contributed by atoms with van der Waals surface area (Å²) in [6.45, 7) is 12.7. The quantitative estimate of drug-likeness (QED) is 0.532. The van der Waals surface area contributed by atoms with E-state index in [1.54, 1.807) is 24.7 Å². The molecule has 0 unspecified atom stereocenters. The van der Waals surface area contributed by atoms with Crippen LogP contribution in [0.1, 0.15) is 72.8 Å². The van der Waals surface area contributed by atoms with Crippen LogP contribution < -0.4 is 0 Å². The van der Waals surface area contributed by atoms with E-state index in [-0.39, 0.29) is 17.5 Å². The van der Waals surface area contributed by atoms with Crippen molar-refractivity contribution < 1.29 is 33.1 Å². The molecule has 0 bridgehead atoms. The number of rotatable bonds is 3. The van der Waals surface area contributed by atoms with Gasteiger partial charge in [-0.2, -0.15) is 0 Å². The zero-order chi connectivity index (χ0) is 27.1. The number of ether oxygens (including phenoxy) is 2. The second-order valence-electron chi connectivity index (χ2n) is 12.6. The molecule has 1 aromatic heterocycles. The van der Waals surface area contributed by atoms with Gasteiger partial charge in [-0.3, -0.25) is 19.2 Å². The third-order valence-corrected chi connectivity index (χ3v) is 10.2. The van der Waals surface area contributed by atoms with Crippen LogP contribution in [0.15, 0.2) is 46.8 Å². The Kier molecular flexibility index (Phi) is 5.56. The Morgan fingerprint density at radius 1 is 1.03 bits per heavy atom. The second kappa shape index (κ2) is 8.02. The predicted octanol–water partition coefficient (Wildman–Crippen LogP) is 4.96. The average Bonchev–Trinajstić information content (AvgIpc) is 3.39. The van der Waals surface area contributed by atoms with Gasteiger partial charge in [0.1, 0.15) is 12.2 Å². The van der Waals surface area contributed by atoms with E-state index >= 15 is 0 Å². The normalized spacial score (nSPS) is 41.8. The lowest BCUT2D eigenvalue weighted by atomic mass is 9.37. The van der Waals surface area contributed by atoms with Gasteiger partial charge in [-0.25, -0.2) is 0 Å². The number of furan rings is 1.